The third-order valence-corrected chi connectivity index (χ3v) is 4.19. The molecule has 88 valence electrons. The summed E-state index contributed by atoms with van der Waals surface area (Å²) in [5.41, 5.74) is 5.89. The van der Waals surface area contributed by atoms with Gasteiger partial charge < -0.3 is 11.1 Å². The van der Waals surface area contributed by atoms with E-state index in [2.05, 4.69) is 14.7 Å². The first-order chi connectivity index (χ1) is 7.81. The second-order valence-corrected chi connectivity index (χ2v) is 5.80. The molecule has 2 aliphatic rings. The van der Waals surface area contributed by atoms with Crippen LogP contribution in [0.15, 0.2) is 0 Å². The molecule has 5 heteroatoms. The molecule has 1 heterocycles. The third kappa shape index (κ3) is 2.35. The molecule has 0 spiro atoms. The molecule has 16 heavy (non-hydrogen) atoms. The Morgan fingerprint density at radius 3 is 2.88 bits per heavy atom. The van der Waals surface area contributed by atoms with Crippen LogP contribution in [0.5, 0.6) is 0 Å². The fourth-order valence-corrected chi connectivity index (χ4v) is 3.00. The molecule has 3 rings (SSSR count). The minimum atomic E-state index is 0.420. The molecule has 3 N–H and O–H groups in total. The zero-order valence-corrected chi connectivity index (χ0v) is 10.2. The van der Waals surface area contributed by atoms with Gasteiger partial charge in [0.1, 0.15) is 5.82 Å². The van der Waals surface area contributed by atoms with Crippen molar-refractivity contribution in [3.8, 4) is 0 Å². The largest absolute Gasteiger partial charge is 0.360 e. The molecule has 0 aliphatic heterocycles. The molecule has 0 radical (unpaired) electrons. The van der Waals surface area contributed by atoms with E-state index in [0.717, 1.165) is 29.8 Å². The van der Waals surface area contributed by atoms with Crippen molar-refractivity contribution in [2.24, 2.45) is 11.7 Å². The van der Waals surface area contributed by atoms with Gasteiger partial charge in [0.25, 0.3) is 0 Å². The van der Waals surface area contributed by atoms with Crippen LogP contribution in [0.4, 0.5) is 5.13 Å². The predicted molar refractivity (Wildman–Crippen MR) is 65.7 cm³/mol. The van der Waals surface area contributed by atoms with Crippen LogP contribution >= 0.6 is 11.5 Å². The molecule has 2 atom stereocenters. The van der Waals surface area contributed by atoms with Crippen LogP contribution < -0.4 is 11.1 Å². The van der Waals surface area contributed by atoms with Crippen molar-refractivity contribution >= 4 is 16.7 Å². The van der Waals surface area contributed by atoms with Crippen molar-refractivity contribution in [3.63, 3.8) is 0 Å². The normalized spacial score (nSPS) is 29.6. The summed E-state index contributed by atoms with van der Waals surface area (Å²) in [7, 11) is 0. The summed E-state index contributed by atoms with van der Waals surface area (Å²) < 4.78 is 4.38. The minimum Gasteiger partial charge on any atom is -0.360 e. The summed E-state index contributed by atoms with van der Waals surface area (Å²) in [4.78, 5) is 4.52. The lowest BCUT2D eigenvalue weighted by Crippen LogP contribution is -2.17. The van der Waals surface area contributed by atoms with E-state index < -0.39 is 0 Å². The number of anilines is 1. The van der Waals surface area contributed by atoms with Gasteiger partial charge in [-0.05, 0) is 38.0 Å². The van der Waals surface area contributed by atoms with E-state index in [9.17, 15) is 0 Å². The third-order valence-electron chi connectivity index (χ3n) is 3.51. The highest BCUT2D eigenvalue weighted by atomic mass is 32.1. The molecule has 1 aromatic heterocycles. The van der Waals surface area contributed by atoms with E-state index in [0.29, 0.717) is 12.0 Å². The van der Waals surface area contributed by atoms with Crippen LogP contribution in [0, 0.1) is 5.92 Å². The van der Waals surface area contributed by atoms with Gasteiger partial charge in [-0.1, -0.05) is 0 Å². The molecule has 2 unspecified atom stereocenters. The molecule has 0 bridgehead atoms. The first kappa shape index (κ1) is 10.5. The van der Waals surface area contributed by atoms with Gasteiger partial charge in [-0.15, -0.1) is 0 Å². The van der Waals surface area contributed by atoms with E-state index in [1.165, 1.54) is 37.2 Å². The van der Waals surface area contributed by atoms with Gasteiger partial charge in [0, 0.05) is 30.0 Å². The van der Waals surface area contributed by atoms with E-state index in [1.54, 1.807) is 0 Å². The summed E-state index contributed by atoms with van der Waals surface area (Å²) >= 11 is 1.50. The highest BCUT2D eigenvalue weighted by molar-refractivity contribution is 7.09. The van der Waals surface area contributed by atoms with Gasteiger partial charge in [0.05, 0.1) is 0 Å². The number of hydrogen-bond acceptors (Lipinski definition) is 5. The van der Waals surface area contributed by atoms with Crippen molar-refractivity contribution in [2.45, 2.75) is 44.1 Å². The summed E-state index contributed by atoms with van der Waals surface area (Å²) in [5.74, 6) is 2.44. The maximum atomic E-state index is 5.89. The fourth-order valence-electron chi connectivity index (χ4n) is 2.34. The highest BCUT2D eigenvalue weighted by Crippen LogP contribution is 2.39. The first-order valence-electron chi connectivity index (χ1n) is 6.14. The van der Waals surface area contributed by atoms with Crippen molar-refractivity contribution in [1.82, 2.24) is 9.36 Å². The molecule has 0 amide bonds. The van der Waals surface area contributed by atoms with Crippen LogP contribution in [-0.2, 0) is 0 Å². The zero-order chi connectivity index (χ0) is 11.0. The average Bonchev–Trinajstić information content (AvgIpc) is 2.87. The fraction of sp³-hybridized carbons (Fsp3) is 0.818. The average molecular weight is 238 g/mol. The molecule has 2 saturated carbocycles. The lowest BCUT2D eigenvalue weighted by Gasteiger charge is -2.09. The van der Waals surface area contributed by atoms with Crippen LogP contribution in [-0.4, -0.2) is 21.9 Å². The SMILES string of the molecule is NC1CCC(CNc2nc(C3CC3)ns2)C1. The lowest BCUT2D eigenvalue weighted by atomic mass is 10.1. The highest BCUT2D eigenvalue weighted by Gasteiger charge is 2.28. The monoisotopic (exact) mass is 238 g/mol. The molecule has 0 saturated heterocycles. The van der Waals surface area contributed by atoms with Crippen LogP contribution in [0.1, 0.15) is 43.8 Å². The molecule has 4 nitrogen and oxygen atoms in total. The Bertz CT molecular complexity index is 361. The van der Waals surface area contributed by atoms with Crippen LogP contribution in [0.2, 0.25) is 0 Å². The second kappa shape index (κ2) is 4.30. The number of nitrogens with zero attached hydrogens (tertiary/aromatic N) is 2. The van der Waals surface area contributed by atoms with Crippen molar-refractivity contribution in [3.05, 3.63) is 5.82 Å². The van der Waals surface area contributed by atoms with Crippen LogP contribution in [0.3, 0.4) is 0 Å². The van der Waals surface area contributed by atoms with Gasteiger partial charge >= 0.3 is 0 Å². The predicted octanol–water partition coefficient (Wildman–Crippen LogP) is 1.95. The molecule has 2 fully saturated rings. The Kier molecular flexibility index (Phi) is 2.81. The molecular formula is C11H18N4S. The Labute approximate surface area is 99.8 Å². The van der Waals surface area contributed by atoms with Crippen molar-refractivity contribution < 1.29 is 0 Å². The summed E-state index contributed by atoms with van der Waals surface area (Å²) in [5, 5.41) is 4.39. The maximum Gasteiger partial charge on any atom is 0.202 e. The smallest absolute Gasteiger partial charge is 0.202 e. The van der Waals surface area contributed by atoms with Gasteiger partial charge in [0.15, 0.2) is 0 Å². The number of rotatable bonds is 4. The van der Waals surface area contributed by atoms with Gasteiger partial charge in [-0.25, -0.2) is 4.98 Å². The summed E-state index contributed by atoms with van der Waals surface area (Å²) in [6.45, 7) is 1.01. The lowest BCUT2D eigenvalue weighted by molar-refractivity contribution is 0.565. The van der Waals surface area contributed by atoms with E-state index in [1.807, 2.05) is 0 Å². The van der Waals surface area contributed by atoms with Crippen molar-refractivity contribution in [2.75, 3.05) is 11.9 Å². The Balaban J connectivity index is 1.50. The number of nitrogens with one attached hydrogen (secondary N) is 1. The van der Waals surface area contributed by atoms with E-state index >= 15 is 0 Å². The second-order valence-electron chi connectivity index (χ2n) is 5.05. The quantitative estimate of drug-likeness (QED) is 0.841. The van der Waals surface area contributed by atoms with Gasteiger partial charge in [-0.2, -0.15) is 4.37 Å². The molecule has 1 aromatic rings. The van der Waals surface area contributed by atoms with Crippen LogP contribution in [0.25, 0.3) is 0 Å². The Morgan fingerprint density at radius 2 is 2.19 bits per heavy atom. The summed E-state index contributed by atoms with van der Waals surface area (Å²) in [6.07, 6.45) is 6.13. The van der Waals surface area contributed by atoms with E-state index in [4.69, 9.17) is 5.73 Å². The number of nitrogens with two attached hydrogens (primary N) is 1. The van der Waals surface area contributed by atoms with Crippen molar-refractivity contribution in [1.29, 1.82) is 0 Å². The molecule has 2 aliphatic carbocycles. The van der Waals surface area contributed by atoms with Gasteiger partial charge in [0.2, 0.25) is 5.13 Å². The molecule has 0 aromatic carbocycles. The standard InChI is InChI=1S/C11H18N4S/c12-9-4-1-7(5-9)6-13-11-14-10(15-16-11)8-2-3-8/h7-9H,1-6,12H2,(H,13,14,15). The molecular weight excluding hydrogens is 220 g/mol. The number of aromatic nitrogens is 2. The summed E-state index contributed by atoms with van der Waals surface area (Å²) in [6, 6.07) is 0.420. The maximum absolute atomic E-state index is 5.89. The Morgan fingerprint density at radius 1 is 1.31 bits per heavy atom. The number of hydrogen-bond donors (Lipinski definition) is 2. The topological polar surface area (TPSA) is 63.8 Å². The van der Waals surface area contributed by atoms with Gasteiger partial charge in [-0.3, -0.25) is 0 Å². The minimum absolute atomic E-state index is 0.420. The Hall–Kier alpha value is -0.680. The first-order valence-corrected chi connectivity index (χ1v) is 6.91. The van der Waals surface area contributed by atoms with E-state index in [-0.39, 0.29) is 0 Å². The zero-order valence-electron chi connectivity index (χ0n) is 9.35.